The Hall–Kier alpha value is -0.650. The van der Waals surface area contributed by atoms with E-state index in [-0.39, 0.29) is 13.1 Å². The Morgan fingerprint density at radius 3 is 2.69 bits per heavy atom. The second-order valence-corrected chi connectivity index (χ2v) is 3.91. The van der Waals surface area contributed by atoms with E-state index in [9.17, 15) is 14.0 Å². The van der Waals surface area contributed by atoms with Crippen LogP contribution in [-0.2, 0) is 19.1 Å². The normalized spacial score (nSPS) is 11.9. The van der Waals surface area contributed by atoms with E-state index in [1.807, 2.05) is 0 Å². The number of ether oxygens (including phenoxy) is 2. The molecular weight excluding hydrogens is 283 g/mol. The minimum atomic E-state index is -0.847. The quantitative estimate of drug-likeness (QED) is 0.268. The molecular formula is C10H16BrFO4. The minimum Gasteiger partial charge on any atom is -0.463 e. The first-order valence-corrected chi connectivity index (χ1v) is 6.26. The number of halogens is 2. The molecule has 0 fully saturated rings. The van der Waals surface area contributed by atoms with Crippen LogP contribution in [0.5, 0.6) is 0 Å². The molecule has 0 rings (SSSR count). The number of esters is 1. The summed E-state index contributed by atoms with van der Waals surface area (Å²) in [5.74, 6) is -0.563. The minimum absolute atomic E-state index is 0.162. The molecule has 0 aliphatic rings. The molecule has 0 radical (unpaired) electrons. The third kappa shape index (κ3) is 7.62. The fraction of sp³-hybridized carbons (Fsp3) is 0.800. The monoisotopic (exact) mass is 298 g/mol. The van der Waals surface area contributed by atoms with Crippen molar-refractivity contribution in [1.29, 1.82) is 0 Å². The SMILES string of the molecule is O=COC(CCCBr)C(=O)OCCCCF. The predicted octanol–water partition coefficient (Wildman–Crippen LogP) is 2.00. The van der Waals surface area contributed by atoms with Gasteiger partial charge in [-0.3, -0.25) is 9.18 Å². The van der Waals surface area contributed by atoms with E-state index >= 15 is 0 Å². The van der Waals surface area contributed by atoms with Gasteiger partial charge in [0.1, 0.15) is 0 Å². The zero-order valence-corrected chi connectivity index (χ0v) is 10.6. The maximum atomic E-state index is 11.7. The lowest BCUT2D eigenvalue weighted by molar-refractivity contribution is -0.162. The highest BCUT2D eigenvalue weighted by Gasteiger charge is 2.20. The van der Waals surface area contributed by atoms with Gasteiger partial charge in [0.15, 0.2) is 6.10 Å². The van der Waals surface area contributed by atoms with Gasteiger partial charge in [-0.05, 0) is 25.7 Å². The lowest BCUT2D eigenvalue weighted by Crippen LogP contribution is -2.26. The van der Waals surface area contributed by atoms with Crippen molar-refractivity contribution in [1.82, 2.24) is 0 Å². The van der Waals surface area contributed by atoms with Crippen LogP contribution < -0.4 is 0 Å². The first-order valence-electron chi connectivity index (χ1n) is 5.14. The highest BCUT2D eigenvalue weighted by molar-refractivity contribution is 9.09. The molecule has 0 saturated carbocycles. The Bertz CT molecular complexity index is 201. The fourth-order valence-corrected chi connectivity index (χ4v) is 1.36. The van der Waals surface area contributed by atoms with Crippen molar-refractivity contribution in [2.24, 2.45) is 0 Å². The van der Waals surface area contributed by atoms with Gasteiger partial charge in [0, 0.05) is 5.33 Å². The van der Waals surface area contributed by atoms with E-state index in [4.69, 9.17) is 4.74 Å². The summed E-state index contributed by atoms with van der Waals surface area (Å²) in [6.07, 6.45) is 1.13. The maximum Gasteiger partial charge on any atom is 0.347 e. The topological polar surface area (TPSA) is 52.6 Å². The molecule has 6 heteroatoms. The molecule has 0 aliphatic heterocycles. The van der Waals surface area contributed by atoms with Gasteiger partial charge in [0.05, 0.1) is 13.3 Å². The van der Waals surface area contributed by atoms with Gasteiger partial charge in [-0.15, -0.1) is 0 Å². The molecule has 0 amide bonds. The van der Waals surface area contributed by atoms with Crippen molar-refractivity contribution in [3.8, 4) is 0 Å². The molecule has 0 spiro atoms. The average molecular weight is 299 g/mol. The molecule has 0 aliphatic carbocycles. The smallest absolute Gasteiger partial charge is 0.347 e. The first-order chi connectivity index (χ1) is 7.76. The average Bonchev–Trinajstić information content (AvgIpc) is 2.29. The van der Waals surface area contributed by atoms with E-state index in [1.165, 1.54) is 0 Å². The van der Waals surface area contributed by atoms with Crippen molar-refractivity contribution in [3.63, 3.8) is 0 Å². The number of alkyl halides is 2. The Kier molecular flexibility index (Phi) is 10.4. The molecule has 0 saturated heterocycles. The van der Waals surface area contributed by atoms with Gasteiger partial charge >= 0.3 is 5.97 Å². The van der Waals surface area contributed by atoms with E-state index in [0.717, 1.165) is 5.33 Å². The maximum absolute atomic E-state index is 11.7. The van der Waals surface area contributed by atoms with Crippen molar-refractivity contribution in [3.05, 3.63) is 0 Å². The van der Waals surface area contributed by atoms with Crippen LogP contribution in [0, 0.1) is 0 Å². The Labute approximate surface area is 103 Å². The van der Waals surface area contributed by atoms with E-state index in [2.05, 4.69) is 20.7 Å². The number of unbranched alkanes of at least 4 members (excludes halogenated alkanes) is 1. The molecule has 0 N–H and O–H groups in total. The summed E-state index contributed by atoms with van der Waals surface area (Å²) in [5.41, 5.74) is 0. The second-order valence-electron chi connectivity index (χ2n) is 3.12. The van der Waals surface area contributed by atoms with Gasteiger partial charge in [-0.25, -0.2) is 4.79 Å². The summed E-state index contributed by atoms with van der Waals surface area (Å²) in [6.45, 7) is -0.0209. The standard InChI is InChI=1S/C10H16BrFO4/c11-5-3-4-9(16-8-13)10(14)15-7-2-1-6-12/h8-9H,1-7H2. The summed E-state index contributed by atoms with van der Waals surface area (Å²) >= 11 is 3.21. The van der Waals surface area contributed by atoms with Gasteiger partial charge in [-0.1, -0.05) is 15.9 Å². The number of rotatable bonds is 10. The molecule has 1 unspecified atom stereocenters. The van der Waals surface area contributed by atoms with Crippen molar-refractivity contribution in [2.75, 3.05) is 18.6 Å². The third-order valence-corrected chi connectivity index (χ3v) is 2.42. The number of hydrogen-bond acceptors (Lipinski definition) is 4. The molecule has 0 aromatic rings. The Balaban J connectivity index is 3.81. The number of carbonyl (C=O) groups excluding carboxylic acids is 2. The molecule has 16 heavy (non-hydrogen) atoms. The summed E-state index contributed by atoms with van der Waals surface area (Å²) in [7, 11) is 0. The summed E-state index contributed by atoms with van der Waals surface area (Å²) in [5, 5.41) is 0.723. The van der Waals surface area contributed by atoms with E-state index < -0.39 is 18.7 Å². The Morgan fingerprint density at radius 1 is 1.38 bits per heavy atom. The molecule has 0 aromatic heterocycles. The van der Waals surface area contributed by atoms with Gasteiger partial charge < -0.3 is 9.47 Å². The third-order valence-electron chi connectivity index (χ3n) is 1.85. The lowest BCUT2D eigenvalue weighted by Gasteiger charge is -2.13. The highest BCUT2D eigenvalue weighted by atomic mass is 79.9. The van der Waals surface area contributed by atoms with Crippen molar-refractivity contribution >= 4 is 28.4 Å². The summed E-state index contributed by atoms with van der Waals surface area (Å²) in [4.78, 5) is 21.6. The van der Waals surface area contributed by atoms with Gasteiger partial charge in [0.2, 0.25) is 0 Å². The summed E-state index contributed by atoms with van der Waals surface area (Å²) < 4.78 is 21.2. The number of hydrogen-bond donors (Lipinski definition) is 0. The number of carbonyl (C=O) groups is 2. The van der Waals surface area contributed by atoms with E-state index in [1.54, 1.807) is 0 Å². The zero-order chi connectivity index (χ0) is 12.2. The largest absolute Gasteiger partial charge is 0.463 e. The van der Waals surface area contributed by atoms with Gasteiger partial charge in [0.25, 0.3) is 6.47 Å². The molecule has 0 heterocycles. The van der Waals surface area contributed by atoms with Crippen LogP contribution in [0.4, 0.5) is 4.39 Å². The summed E-state index contributed by atoms with van der Waals surface area (Å²) in [6, 6.07) is 0. The molecule has 1 atom stereocenters. The van der Waals surface area contributed by atoms with E-state index in [0.29, 0.717) is 25.7 Å². The lowest BCUT2D eigenvalue weighted by atomic mass is 10.2. The van der Waals surface area contributed by atoms with Crippen LogP contribution in [0.15, 0.2) is 0 Å². The Morgan fingerprint density at radius 2 is 2.12 bits per heavy atom. The van der Waals surface area contributed by atoms with Crippen LogP contribution in [0.3, 0.4) is 0 Å². The van der Waals surface area contributed by atoms with Crippen LogP contribution in [0.1, 0.15) is 25.7 Å². The molecule has 0 aromatic carbocycles. The first kappa shape index (κ1) is 15.3. The van der Waals surface area contributed by atoms with Crippen molar-refractivity contribution in [2.45, 2.75) is 31.8 Å². The fourth-order valence-electron chi connectivity index (χ4n) is 1.03. The van der Waals surface area contributed by atoms with Crippen LogP contribution in [0.25, 0.3) is 0 Å². The van der Waals surface area contributed by atoms with Gasteiger partial charge in [-0.2, -0.15) is 0 Å². The van der Waals surface area contributed by atoms with Crippen LogP contribution in [-0.4, -0.2) is 37.2 Å². The zero-order valence-electron chi connectivity index (χ0n) is 8.99. The van der Waals surface area contributed by atoms with Crippen LogP contribution in [0.2, 0.25) is 0 Å². The molecule has 0 bridgehead atoms. The van der Waals surface area contributed by atoms with Crippen LogP contribution >= 0.6 is 15.9 Å². The molecule has 94 valence electrons. The molecule has 4 nitrogen and oxygen atoms in total. The second kappa shape index (κ2) is 10.9. The predicted molar refractivity (Wildman–Crippen MR) is 60.1 cm³/mol. The van der Waals surface area contributed by atoms with Crippen molar-refractivity contribution < 1.29 is 23.5 Å². The highest BCUT2D eigenvalue weighted by Crippen LogP contribution is 2.06.